The maximum Gasteiger partial charge on any atom is 0.241 e. The largest absolute Gasteiger partial charge is 0.494 e. The summed E-state index contributed by atoms with van der Waals surface area (Å²) in [5, 5.41) is 2.87. The van der Waals surface area contributed by atoms with Crippen molar-refractivity contribution in [1.82, 2.24) is 5.32 Å². The Morgan fingerprint density at radius 2 is 1.63 bits per heavy atom. The van der Waals surface area contributed by atoms with Crippen LogP contribution in [0, 0.1) is 0 Å². The van der Waals surface area contributed by atoms with E-state index < -0.39 is 10.0 Å². The van der Waals surface area contributed by atoms with Crippen molar-refractivity contribution in [1.29, 1.82) is 0 Å². The number of rotatable bonds is 8. The van der Waals surface area contributed by atoms with E-state index in [1.54, 1.807) is 12.1 Å². The smallest absolute Gasteiger partial charge is 0.241 e. The van der Waals surface area contributed by atoms with Gasteiger partial charge in [0.05, 0.1) is 24.6 Å². The van der Waals surface area contributed by atoms with Crippen LogP contribution in [-0.2, 0) is 20.2 Å². The molecule has 0 aliphatic rings. The Balaban J connectivity index is 2.12. The molecule has 0 radical (unpaired) electrons. The highest BCUT2D eigenvalue weighted by Gasteiger charge is 2.23. The van der Waals surface area contributed by atoms with Crippen LogP contribution in [0.3, 0.4) is 0 Å². The number of anilines is 1. The zero-order chi connectivity index (χ0) is 22.5. The fourth-order valence-electron chi connectivity index (χ4n) is 3.05. The number of nitrogens with zero attached hydrogens (tertiary/aromatic N) is 1. The van der Waals surface area contributed by atoms with Crippen molar-refractivity contribution in [2.45, 2.75) is 46.1 Å². The topological polar surface area (TPSA) is 75.7 Å². The molecule has 2 aromatic rings. The van der Waals surface area contributed by atoms with E-state index in [0.29, 0.717) is 12.3 Å². The van der Waals surface area contributed by atoms with Gasteiger partial charge in [0.25, 0.3) is 0 Å². The lowest BCUT2D eigenvalue weighted by Gasteiger charge is -2.25. The molecule has 0 aliphatic heterocycles. The number of hydrogen-bond donors (Lipinski definition) is 1. The highest BCUT2D eigenvalue weighted by Crippen LogP contribution is 2.26. The minimum Gasteiger partial charge on any atom is -0.494 e. The summed E-state index contributed by atoms with van der Waals surface area (Å²) in [6.45, 7) is 10.3. The number of sulfonamides is 1. The van der Waals surface area contributed by atoms with Crippen molar-refractivity contribution in [3.63, 3.8) is 0 Å². The van der Waals surface area contributed by atoms with Crippen molar-refractivity contribution in [2.24, 2.45) is 0 Å². The molecule has 164 valence electrons. The second-order valence-corrected chi connectivity index (χ2v) is 10.3. The Kier molecular flexibility index (Phi) is 7.53. The molecule has 0 unspecified atom stereocenters. The summed E-state index contributed by atoms with van der Waals surface area (Å²) in [6.07, 6.45) is 1.10. The van der Waals surface area contributed by atoms with E-state index in [-0.39, 0.29) is 23.9 Å². The maximum absolute atomic E-state index is 12.6. The number of hydrogen-bond acceptors (Lipinski definition) is 4. The first-order valence-electron chi connectivity index (χ1n) is 10.0. The molecule has 1 atom stereocenters. The minimum atomic E-state index is -3.62. The van der Waals surface area contributed by atoms with Gasteiger partial charge in [-0.15, -0.1) is 0 Å². The van der Waals surface area contributed by atoms with Gasteiger partial charge in [-0.05, 0) is 54.7 Å². The molecule has 7 heteroatoms. The van der Waals surface area contributed by atoms with Crippen LogP contribution < -0.4 is 14.4 Å². The first kappa shape index (κ1) is 23.7. The van der Waals surface area contributed by atoms with Gasteiger partial charge in [0.15, 0.2) is 0 Å². The van der Waals surface area contributed by atoms with Gasteiger partial charge in [-0.1, -0.05) is 45.0 Å². The van der Waals surface area contributed by atoms with Crippen molar-refractivity contribution in [3.8, 4) is 5.75 Å². The SMILES string of the molecule is CCOc1ccc([C@H](C)NC(=O)CN(c2ccc(C(C)(C)C)cc2)S(C)(=O)=O)cc1. The molecule has 30 heavy (non-hydrogen) atoms. The molecule has 0 saturated heterocycles. The fourth-order valence-corrected chi connectivity index (χ4v) is 3.90. The van der Waals surface area contributed by atoms with Crippen molar-refractivity contribution < 1.29 is 17.9 Å². The molecule has 0 heterocycles. The number of nitrogens with one attached hydrogen (secondary N) is 1. The van der Waals surface area contributed by atoms with Crippen LogP contribution in [-0.4, -0.2) is 33.7 Å². The molecule has 0 fully saturated rings. The van der Waals surface area contributed by atoms with Gasteiger partial charge < -0.3 is 10.1 Å². The van der Waals surface area contributed by atoms with Crippen LogP contribution in [0.15, 0.2) is 48.5 Å². The van der Waals surface area contributed by atoms with Gasteiger partial charge in [0.1, 0.15) is 12.3 Å². The van der Waals surface area contributed by atoms with Gasteiger partial charge in [0, 0.05) is 0 Å². The number of carbonyl (C=O) groups excluding carboxylic acids is 1. The van der Waals surface area contributed by atoms with Crippen LogP contribution in [0.25, 0.3) is 0 Å². The van der Waals surface area contributed by atoms with Crippen LogP contribution in [0.1, 0.15) is 51.8 Å². The number of carbonyl (C=O) groups is 1. The minimum absolute atomic E-state index is 0.0427. The van der Waals surface area contributed by atoms with E-state index in [4.69, 9.17) is 4.74 Å². The lowest BCUT2D eigenvalue weighted by Crippen LogP contribution is -2.41. The predicted octanol–water partition coefficient (Wildman–Crippen LogP) is 4.03. The summed E-state index contributed by atoms with van der Waals surface area (Å²) in [7, 11) is -3.62. The second-order valence-electron chi connectivity index (χ2n) is 8.36. The Morgan fingerprint density at radius 3 is 2.10 bits per heavy atom. The summed E-state index contributed by atoms with van der Waals surface area (Å²) in [4.78, 5) is 12.6. The van der Waals surface area contributed by atoms with Crippen molar-refractivity contribution in [2.75, 3.05) is 23.7 Å². The van der Waals surface area contributed by atoms with E-state index in [2.05, 4.69) is 26.1 Å². The average molecular weight is 433 g/mol. The molecule has 1 amide bonds. The Bertz CT molecular complexity index is 946. The van der Waals surface area contributed by atoms with Gasteiger partial charge >= 0.3 is 0 Å². The number of amides is 1. The third-order valence-electron chi connectivity index (χ3n) is 4.78. The molecular formula is C23H32N2O4S. The third kappa shape index (κ3) is 6.49. The van der Waals surface area contributed by atoms with E-state index in [1.807, 2.05) is 50.2 Å². The molecule has 6 nitrogen and oxygen atoms in total. The summed E-state index contributed by atoms with van der Waals surface area (Å²) in [6, 6.07) is 14.5. The number of benzene rings is 2. The molecule has 1 N–H and O–H groups in total. The van der Waals surface area contributed by atoms with E-state index in [0.717, 1.165) is 27.4 Å². The summed E-state index contributed by atoms with van der Waals surface area (Å²) in [5.41, 5.74) is 2.42. The molecule has 0 saturated carbocycles. The molecular weight excluding hydrogens is 400 g/mol. The fraction of sp³-hybridized carbons (Fsp3) is 0.435. The van der Waals surface area contributed by atoms with E-state index in [9.17, 15) is 13.2 Å². The second kappa shape index (κ2) is 9.51. The Hall–Kier alpha value is -2.54. The monoisotopic (exact) mass is 432 g/mol. The molecule has 0 aromatic heterocycles. The summed E-state index contributed by atoms with van der Waals surface area (Å²) < 4.78 is 31.2. The predicted molar refractivity (Wildman–Crippen MR) is 122 cm³/mol. The molecule has 2 rings (SSSR count). The molecule has 0 aliphatic carbocycles. The van der Waals surface area contributed by atoms with Gasteiger partial charge in [0.2, 0.25) is 15.9 Å². The lowest BCUT2D eigenvalue weighted by atomic mass is 9.87. The first-order chi connectivity index (χ1) is 13.9. The van der Waals surface area contributed by atoms with Crippen LogP contribution in [0.2, 0.25) is 0 Å². The van der Waals surface area contributed by atoms with Crippen molar-refractivity contribution >= 4 is 21.6 Å². The molecule has 0 spiro atoms. The number of ether oxygens (including phenoxy) is 1. The molecule has 2 aromatic carbocycles. The Labute approximate surface area is 180 Å². The van der Waals surface area contributed by atoms with Gasteiger partial charge in [-0.2, -0.15) is 0 Å². The van der Waals surface area contributed by atoms with Gasteiger partial charge in [-0.25, -0.2) is 8.42 Å². The zero-order valence-corrected chi connectivity index (χ0v) is 19.4. The quantitative estimate of drug-likeness (QED) is 0.683. The lowest BCUT2D eigenvalue weighted by molar-refractivity contribution is -0.120. The van der Waals surface area contributed by atoms with Crippen LogP contribution >= 0.6 is 0 Å². The first-order valence-corrected chi connectivity index (χ1v) is 11.9. The third-order valence-corrected chi connectivity index (χ3v) is 5.92. The van der Waals surface area contributed by atoms with Gasteiger partial charge in [-0.3, -0.25) is 9.10 Å². The highest BCUT2D eigenvalue weighted by molar-refractivity contribution is 7.92. The maximum atomic E-state index is 12.6. The Morgan fingerprint density at radius 1 is 1.07 bits per heavy atom. The zero-order valence-electron chi connectivity index (χ0n) is 18.6. The van der Waals surface area contributed by atoms with E-state index in [1.165, 1.54) is 0 Å². The normalized spacial score (nSPS) is 12.9. The highest BCUT2D eigenvalue weighted by atomic mass is 32.2. The molecule has 0 bridgehead atoms. The summed E-state index contributed by atoms with van der Waals surface area (Å²) >= 11 is 0. The average Bonchev–Trinajstić information content (AvgIpc) is 2.65. The van der Waals surface area contributed by atoms with Crippen LogP contribution in [0.5, 0.6) is 5.75 Å². The van der Waals surface area contributed by atoms with Crippen LogP contribution in [0.4, 0.5) is 5.69 Å². The van der Waals surface area contributed by atoms with Crippen molar-refractivity contribution in [3.05, 3.63) is 59.7 Å². The summed E-state index contributed by atoms with van der Waals surface area (Å²) in [5.74, 6) is 0.392. The van der Waals surface area contributed by atoms with E-state index >= 15 is 0 Å². The standard InChI is InChI=1S/C23H32N2O4S/c1-7-29-21-14-8-18(9-15-21)17(2)24-22(26)16-25(30(6,27)28)20-12-10-19(11-13-20)23(3,4)5/h8-15,17H,7,16H2,1-6H3,(H,24,26)/t17-/m0/s1.